The third-order valence-corrected chi connectivity index (χ3v) is 2.80. The lowest BCUT2D eigenvalue weighted by Crippen LogP contribution is -2.34. The van der Waals surface area contributed by atoms with E-state index in [1.807, 2.05) is 45.9 Å². The highest BCUT2D eigenvalue weighted by Crippen LogP contribution is 2.36. The first-order valence-electron chi connectivity index (χ1n) is 6.75. The van der Waals surface area contributed by atoms with Gasteiger partial charge in [-0.3, -0.25) is 0 Å². The first-order valence-corrected chi connectivity index (χ1v) is 6.75. The van der Waals surface area contributed by atoms with E-state index >= 15 is 0 Å². The van der Waals surface area contributed by atoms with Gasteiger partial charge in [0.1, 0.15) is 18.8 Å². The van der Waals surface area contributed by atoms with E-state index in [1.165, 1.54) is 0 Å². The quantitative estimate of drug-likeness (QED) is 0.904. The molecule has 0 unspecified atom stereocenters. The molecule has 1 aromatic rings. The molecule has 5 heteroatoms. The van der Waals surface area contributed by atoms with Crippen molar-refractivity contribution in [3.05, 3.63) is 23.8 Å². The Bertz CT molecular complexity index is 493. The molecule has 0 radical (unpaired) electrons. The van der Waals surface area contributed by atoms with E-state index in [2.05, 4.69) is 5.32 Å². The van der Waals surface area contributed by atoms with Crippen LogP contribution in [0.4, 0.5) is 4.79 Å². The Labute approximate surface area is 119 Å². The van der Waals surface area contributed by atoms with Crippen LogP contribution in [0.5, 0.6) is 11.5 Å². The number of hydrogen-bond acceptors (Lipinski definition) is 4. The molecule has 1 atom stereocenters. The van der Waals surface area contributed by atoms with Gasteiger partial charge in [-0.2, -0.15) is 0 Å². The van der Waals surface area contributed by atoms with Gasteiger partial charge in [0.05, 0.1) is 6.04 Å². The van der Waals surface area contributed by atoms with E-state index in [1.54, 1.807) is 0 Å². The molecule has 0 saturated heterocycles. The number of carbonyl (C=O) groups excluding carboxylic acids is 1. The summed E-state index contributed by atoms with van der Waals surface area (Å²) in [5.41, 5.74) is 0.368. The van der Waals surface area contributed by atoms with Crippen molar-refractivity contribution in [2.24, 2.45) is 0 Å². The van der Waals surface area contributed by atoms with Crippen LogP contribution in [-0.2, 0) is 4.74 Å². The lowest BCUT2D eigenvalue weighted by atomic mass is 10.1. The fraction of sp³-hybridized carbons (Fsp3) is 0.533. The highest BCUT2D eigenvalue weighted by Gasteiger charge is 2.22. The van der Waals surface area contributed by atoms with Crippen LogP contribution in [0, 0.1) is 0 Å². The minimum Gasteiger partial charge on any atom is -0.486 e. The molecule has 1 aliphatic rings. The number of alkyl carbamates (subject to hydrolysis) is 1. The summed E-state index contributed by atoms with van der Waals surface area (Å²) in [5.74, 6) is 1.41. The first-order chi connectivity index (χ1) is 9.37. The summed E-state index contributed by atoms with van der Waals surface area (Å²) in [6, 6.07) is 5.44. The maximum atomic E-state index is 11.8. The second kappa shape index (κ2) is 5.61. The Morgan fingerprint density at radius 3 is 2.70 bits per heavy atom. The standard InChI is InChI=1S/C15H21NO4/c1-10(16-14(17)20-15(2,3)4)11-6-5-7-12-13(11)19-9-8-18-12/h5-7,10H,8-9H2,1-4H3,(H,16,17)/t10-/m0/s1. The van der Waals surface area contributed by atoms with E-state index in [0.717, 1.165) is 5.56 Å². The lowest BCUT2D eigenvalue weighted by Gasteiger charge is -2.25. The molecule has 0 aliphatic carbocycles. The Hall–Kier alpha value is -1.91. The molecule has 0 fully saturated rings. The van der Waals surface area contributed by atoms with Gasteiger partial charge in [-0.1, -0.05) is 12.1 Å². The molecule has 0 spiro atoms. The average molecular weight is 279 g/mol. The van der Waals surface area contributed by atoms with E-state index in [4.69, 9.17) is 14.2 Å². The number of para-hydroxylation sites is 1. The highest BCUT2D eigenvalue weighted by atomic mass is 16.6. The number of hydrogen-bond donors (Lipinski definition) is 1. The summed E-state index contributed by atoms with van der Waals surface area (Å²) in [6.45, 7) is 8.45. The summed E-state index contributed by atoms with van der Waals surface area (Å²) >= 11 is 0. The third kappa shape index (κ3) is 3.56. The summed E-state index contributed by atoms with van der Waals surface area (Å²) < 4.78 is 16.4. The van der Waals surface area contributed by atoms with Gasteiger partial charge >= 0.3 is 6.09 Å². The van der Waals surface area contributed by atoms with E-state index in [0.29, 0.717) is 24.7 Å². The van der Waals surface area contributed by atoms with E-state index in [-0.39, 0.29) is 6.04 Å². The molecule has 1 N–H and O–H groups in total. The van der Waals surface area contributed by atoms with Crippen LogP contribution in [0.1, 0.15) is 39.3 Å². The van der Waals surface area contributed by atoms with Gasteiger partial charge in [0.25, 0.3) is 0 Å². The number of benzene rings is 1. The first kappa shape index (κ1) is 14.5. The van der Waals surface area contributed by atoms with Gasteiger partial charge in [-0.05, 0) is 33.8 Å². The molecule has 110 valence electrons. The molecule has 0 bridgehead atoms. The molecular formula is C15H21NO4. The molecule has 0 saturated carbocycles. The number of rotatable bonds is 2. The van der Waals surface area contributed by atoms with Crippen molar-refractivity contribution in [2.75, 3.05) is 13.2 Å². The van der Waals surface area contributed by atoms with Crippen molar-refractivity contribution in [3.8, 4) is 11.5 Å². The molecule has 1 aliphatic heterocycles. The van der Waals surface area contributed by atoms with Crippen molar-refractivity contribution < 1.29 is 19.0 Å². The summed E-state index contributed by atoms with van der Waals surface area (Å²) in [6.07, 6.45) is -0.445. The van der Waals surface area contributed by atoms with Gasteiger partial charge in [0, 0.05) is 5.56 Å². The van der Waals surface area contributed by atoms with Gasteiger partial charge in [0.15, 0.2) is 11.5 Å². The second-order valence-electron chi connectivity index (χ2n) is 5.74. The predicted octanol–water partition coefficient (Wildman–Crippen LogP) is 3.04. The number of nitrogens with one attached hydrogen (secondary N) is 1. The normalized spacial score (nSPS) is 15.4. The monoisotopic (exact) mass is 279 g/mol. The molecule has 2 rings (SSSR count). The average Bonchev–Trinajstić information content (AvgIpc) is 2.35. The van der Waals surface area contributed by atoms with Crippen LogP contribution in [0.25, 0.3) is 0 Å². The van der Waals surface area contributed by atoms with Crippen LogP contribution in [0.3, 0.4) is 0 Å². The lowest BCUT2D eigenvalue weighted by molar-refractivity contribution is 0.0506. The number of amides is 1. The van der Waals surface area contributed by atoms with Gasteiger partial charge in [-0.25, -0.2) is 4.79 Å². The molecular weight excluding hydrogens is 258 g/mol. The topological polar surface area (TPSA) is 56.8 Å². The zero-order chi connectivity index (χ0) is 14.8. The van der Waals surface area contributed by atoms with Gasteiger partial charge in [0.2, 0.25) is 0 Å². The summed E-state index contributed by atoms with van der Waals surface area (Å²) in [4.78, 5) is 11.8. The number of carbonyl (C=O) groups is 1. The van der Waals surface area contributed by atoms with Crippen LogP contribution in [0.15, 0.2) is 18.2 Å². The zero-order valence-corrected chi connectivity index (χ0v) is 12.4. The van der Waals surface area contributed by atoms with Crippen LogP contribution in [0.2, 0.25) is 0 Å². The minimum atomic E-state index is -0.514. The van der Waals surface area contributed by atoms with Crippen molar-refractivity contribution in [3.63, 3.8) is 0 Å². The minimum absolute atomic E-state index is 0.221. The molecule has 1 amide bonds. The van der Waals surface area contributed by atoms with Crippen molar-refractivity contribution in [2.45, 2.75) is 39.3 Å². The highest BCUT2D eigenvalue weighted by molar-refractivity contribution is 5.68. The maximum Gasteiger partial charge on any atom is 0.408 e. The Kier molecular flexibility index (Phi) is 4.06. The van der Waals surface area contributed by atoms with Crippen molar-refractivity contribution in [1.29, 1.82) is 0 Å². The van der Waals surface area contributed by atoms with Gasteiger partial charge < -0.3 is 19.5 Å². The van der Waals surface area contributed by atoms with E-state index in [9.17, 15) is 4.79 Å². The van der Waals surface area contributed by atoms with Gasteiger partial charge in [-0.15, -0.1) is 0 Å². The van der Waals surface area contributed by atoms with E-state index < -0.39 is 11.7 Å². The SMILES string of the molecule is C[C@H](NC(=O)OC(C)(C)C)c1cccc2c1OCCO2. The molecule has 0 aromatic heterocycles. The van der Waals surface area contributed by atoms with Crippen LogP contribution >= 0.6 is 0 Å². The third-order valence-electron chi connectivity index (χ3n) is 2.80. The van der Waals surface area contributed by atoms with Crippen LogP contribution in [-0.4, -0.2) is 24.9 Å². The van der Waals surface area contributed by atoms with Crippen molar-refractivity contribution >= 4 is 6.09 Å². The zero-order valence-electron chi connectivity index (χ0n) is 12.4. The molecule has 20 heavy (non-hydrogen) atoms. The number of ether oxygens (including phenoxy) is 3. The molecule has 5 nitrogen and oxygen atoms in total. The van der Waals surface area contributed by atoms with Crippen molar-refractivity contribution in [1.82, 2.24) is 5.32 Å². The number of fused-ring (bicyclic) bond motifs is 1. The fourth-order valence-corrected chi connectivity index (χ4v) is 2.00. The van der Waals surface area contributed by atoms with Crippen LogP contribution < -0.4 is 14.8 Å². The largest absolute Gasteiger partial charge is 0.486 e. The molecule has 1 heterocycles. The second-order valence-corrected chi connectivity index (χ2v) is 5.74. The summed E-state index contributed by atoms with van der Waals surface area (Å²) in [7, 11) is 0. The predicted molar refractivity (Wildman–Crippen MR) is 75.2 cm³/mol. The smallest absolute Gasteiger partial charge is 0.408 e. The Morgan fingerprint density at radius 1 is 1.30 bits per heavy atom. The Morgan fingerprint density at radius 2 is 2.00 bits per heavy atom. The molecule has 1 aromatic carbocycles. The summed E-state index contributed by atoms with van der Waals surface area (Å²) in [5, 5.41) is 2.81. The Balaban J connectivity index is 2.10. The maximum absolute atomic E-state index is 11.8. The fourth-order valence-electron chi connectivity index (χ4n) is 2.00.